The number of thiophene rings is 1. The van der Waals surface area contributed by atoms with Gasteiger partial charge in [-0.15, -0.1) is 11.3 Å². The topological polar surface area (TPSA) is 12.0 Å². The first kappa shape index (κ1) is 21.0. The van der Waals surface area contributed by atoms with Crippen LogP contribution in [-0.4, -0.2) is 0 Å². The van der Waals surface area contributed by atoms with Gasteiger partial charge in [-0.3, -0.25) is 0 Å². The van der Waals surface area contributed by atoms with Crippen LogP contribution >= 0.6 is 11.3 Å². The molecular weight excluding hydrogens is 454 g/mol. The summed E-state index contributed by atoms with van der Waals surface area (Å²) in [5, 5.41) is 6.30. The van der Waals surface area contributed by atoms with Crippen LogP contribution in [-0.2, 0) is 5.41 Å². The molecule has 0 aliphatic heterocycles. The van der Waals surface area contributed by atoms with Crippen LogP contribution < -0.4 is 5.32 Å². The maximum absolute atomic E-state index is 3.61. The zero-order valence-electron chi connectivity index (χ0n) is 20.5. The SMILES string of the molecule is c1ccc2c(c1)sc1cc(Nc3ccc(-c4ccc(C56CC7CC(CC(C7)C5)C6)cc4)cc3)ccc12. The summed E-state index contributed by atoms with van der Waals surface area (Å²) in [4.78, 5) is 0. The number of hydrogen-bond acceptors (Lipinski definition) is 2. The highest BCUT2D eigenvalue weighted by atomic mass is 32.1. The molecule has 0 atom stereocenters. The van der Waals surface area contributed by atoms with Crippen molar-refractivity contribution >= 4 is 42.9 Å². The van der Waals surface area contributed by atoms with E-state index in [4.69, 9.17) is 0 Å². The third-order valence-electron chi connectivity index (χ3n) is 9.42. The van der Waals surface area contributed by atoms with Gasteiger partial charge in [-0.2, -0.15) is 0 Å². The van der Waals surface area contributed by atoms with Gasteiger partial charge in [0.2, 0.25) is 0 Å². The lowest BCUT2D eigenvalue weighted by Crippen LogP contribution is -2.48. The Labute approximate surface area is 217 Å². The van der Waals surface area contributed by atoms with Crippen molar-refractivity contribution in [2.75, 3.05) is 5.32 Å². The molecule has 0 unspecified atom stereocenters. The number of rotatable bonds is 4. The molecule has 4 fully saturated rings. The molecular formula is C34H31NS. The Morgan fingerprint density at radius 3 is 1.86 bits per heavy atom. The quantitative estimate of drug-likeness (QED) is 0.267. The smallest absolute Gasteiger partial charge is 0.0398 e. The third kappa shape index (κ3) is 3.42. The molecule has 0 radical (unpaired) electrons. The predicted octanol–water partition coefficient (Wildman–Crippen LogP) is 9.93. The van der Waals surface area contributed by atoms with E-state index in [2.05, 4.69) is 96.3 Å². The zero-order chi connectivity index (χ0) is 23.7. The minimum Gasteiger partial charge on any atom is -0.355 e. The summed E-state index contributed by atoms with van der Waals surface area (Å²) < 4.78 is 2.68. The van der Waals surface area contributed by atoms with Crippen LogP contribution in [0.4, 0.5) is 11.4 Å². The molecule has 4 bridgehead atoms. The van der Waals surface area contributed by atoms with Gasteiger partial charge in [0, 0.05) is 31.5 Å². The minimum absolute atomic E-state index is 0.483. The molecule has 4 aromatic carbocycles. The predicted molar refractivity (Wildman–Crippen MR) is 154 cm³/mol. The van der Waals surface area contributed by atoms with Crippen LogP contribution in [0.1, 0.15) is 44.1 Å². The first-order valence-electron chi connectivity index (χ1n) is 13.6. The average molecular weight is 486 g/mol. The van der Waals surface area contributed by atoms with Crippen molar-refractivity contribution in [3.05, 3.63) is 96.6 Å². The lowest BCUT2D eigenvalue weighted by atomic mass is 9.48. The largest absolute Gasteiger partial charge is 0.355 e. The lowest BCUT2D eigenvalue weighted by molar-refractivity contribution is -0.00518. The average Bonchev–Trinajstić information content (AvgIpc) is 3.26. The fourth-order valence-electron chi connectivity index (χ4n) is 8.20. The summed E-state index contributed by atoms with van der Waals surface area (Å²) in [5.41, 5.74) is 6.97. The Kier molecular flexibility index (Phi) is 4.64. The van der Waals surface area contributed by atoms with Crippen LogP contribution in [0, 0.1) is 17.8 Å². The minimum atomic E-state index is 0.483. The van der Waals surface area contributed by atoms with Crippen molar-refractivity contribution in [3.63, 3.8) is 0 Å². The molecule has 5 aromatic rings. The fourth-order valence-corrected chi connectivity index (χ4v) is 9.34. The number of nitrogens with one attached hydrogen (secondary N) is 1. The van der Waals surface area contributed by atoms with Gasteiger partial charge in [-0.25, -0.2) is 0 Å². The van der Waals surface area contributed by atoms with E-state index in [9.17, 15) is 0 Å². The summed E-state index contributed by atoms with van der Waals surface area (Å²) in [6, 6.07) is 33.9. The van der Waals surface area contributed by atoms with E-state index < -0.39 is 0 Å². The lowest BCUT2D eigenvalue weighted by Gasteiger charge is -2.57. The van der Waals surface area contributed by atoms with Crippen molar-refractivity contribution in [1.82, 2.24) is 0 Å². The zero-order valence-corrected chi connectivity index (χ0v) is 21.4. The van der Waals surface area contributed by atoms with Crippen LogP contribution in [0.15, 0.2) is 91.0 Å². The van der Waals surface area contributed by atoms with E-state index in [0.717, 1.165) is 29.1 Å². The van der Waals surface area contributed by atoms with Gasteiger partial charge in [0.15, 0.2) is 0 Å². The van der Waals surface area contributed by atoms with Gasteiger partial charge in [0.1, 0.15) is 0 Å². The molecule has 36 heavy (non-hydrogen) atoms. The molecule has 1 heterocycles. The van der Waals surface area contributed by atoms with Gasteiger partial charge < -0.3 is 5.32 Å². The van der Waals surface area contributed by atoms with Crippen LogP contribution in [0.3, 0.4) is 0 Å². The van der Waals surface area contributed by atoms with Gasteiger partial charge in [-0.1, -0.05) is 60.7 Å². The van der Waals surface area contributed by atoms with Gasteiger partial charge in [0.05, 0.1) is 0 Å². The molecule has 0 amide bonds. The number of anilines is 2. The summed E-state index contributed by atoms with van der Waals surface area (Å²) in [6.45, 7) is 0. The molecule has 1 nitrogen and oxygen atoms in total. The summed E-state index contributed by atoms with van der Waals surface area (Å²) in [7, 11) is 0. The van der Waals surface area contributed by atoms with Crippen molar-refractivity contribution in [3.8, 4) is 11.1 Å². The molecule has 0 saturated heterocycles. The van der Waals surface area contributed by atoms with E-state index >= 15 is 0 Å². The van der Waals surface area contributed by atoms with Crippen LogP contribution in [0.2, 0.25) is 0 Å². The Hall–Kier alpha value is -3.10. The normalized spacial score (nSPS) is 26.6. The maximum atomic E-state index is 3.61. The summed E-state index contributed by atoms with van der Waals surface area (Å²) in [6.07, 6.45) is 8.84. The standard InChI is InChI=1S/C34H31NS/c1-2-4-32-30(3-1)31-14-13-29(18-33(31)36-32)35-28-11-7-26(8-12-28)25-5-9-27(10-6-25)34-19-22-15-23(20-34)17-24(16-22)21-34/h1-14,18,22-24,35H,15-17,19-21H2. The Balaban J connectivity index is 1.01. The highest BCUT2D eigenvalue weighted by Crippen LogP contribution is 2.60. The molecule has 1 aromatic heterocycles. The Bertz CT molecular complexity index is 1540. The second kappa shape index (κ2) is 7.95. The Morgan fingerprint density at radius 1 is 0.583 bits per heavy atom. The first-order valence-corrected chi connectivity index (χ1v) is 14.4. The van der Waals surface area contributed by atoms with E-state index in [0.29, 0.717) is 5.41 Å². The van der Waals surface area contributed by atoms with E-state index in [-0.39, 0.29) is 0 Å². The third-order valence-corrected chi connectivity index (χ3v) is 10.6. The maximum Gasteiger partial charge on any atom is 0.0398 e. The summed E-state index contributed by atoms with van der Waals surface area (Å²) in [5.74, 6) is 2.99. The highest BCUT2D eigenvalue weighted by molar-refractivity contribution is 7.25. The van der Waals surface area contributed by atoms with E-state index in [1.807, 2.05) is 11.3 Å². The van der Waals surface area contributed by atoms with Crippen LogP contribution in [0.25, 0.3) is 31.3 Å². The summed E-state index contributed by atoms with van der Waals surface area (Å²) >= 11 is 1.86. The molecule has 9 rings (SSSR count). The van der Waals surface area contributed by atoms with Crippen molar-refractivity contribution in [1.29, 1.82) is 0 Å². The van der Waals surface area contributed by atoms with Gasteiger partial charge in [0.25, 0.3) is 0 Å². The monoisotopic (exact) mass is 485 g/mol. The fraction of sp³-hybridized carbons (Fsp3) is 0.294. The molecule has 0 spiro atoms. The highest BCUT2D eigenvalue weighted by Gasteiger charge is 2.51. The van der Waals surface area contributed by atoms with Crippen molar-refractivity contribution in [2.45, 2.75) is 43.9 Å². The van der Waals surface area contributed by atoms with Crippen LogP contribution in [0.5, 0.6) is 0 Å². The van der Waals surface area contributed by atoms with Crippen molar-refractivity contribution < 1.29 is 0 Å². The molecule has 1 N–H and O–H groups in total. The molecule has 178 valence electrons. The van der Waals surface area contributed by atoms with Gasteiger partial charge >= 0.3 is 0 Å². The molecule has 4 saturated carbocycles. The second-order valence-corrected chi connectivity index (χ2v) is 12.9. The number of hydrogen-bond donors (Lipinski definition) is 1. The van der Waals surface area contributed by atoms with Gasteiger partial charge in [-0.05, 0) is 109 Å². The number of fused-ring (bicyclic) bond motifs is 3. The molecule has 4 aliphatic rings. The first-order chi connectivity index (χ1) is 17.7. The number of benzene rings is 4. The molecule has 4 aliphatic carbocycles. The van der Waals surface area contributed by atoms with E-state index in [1.165, 1.54) is 69.8 Å². The Morgan fingerprint density at radius 2 is 1.17 bits per heavy atom. The molecule has 2 heteroatoms. The van der Waals surface area contributed by atoms with E-state index in [1.54, 1.807) is 5.56 Å². The second-order valence-electron chi connectivity index (χ2n) is 11.8. The van der Waals surface area contributed by atoms with Crippen molar-refractivity contribution in [2.24, 2.45) is 17.8 Å².